The first kappa shape index (κ1) is 14.7. The van der Waals surface area contributed by atoms with Gasteiger partial charge in [0.2, 0.25) is 9.03 Å². The minimum Gasteiger partial charge on any atom is -0.451 e. The Morgan fingerprint density at radius 3 is 2.33 bits per heavy atom. The zero-order valence-electron chi connectivity index (χ0n) is 10.7. The first-order valence-corrected chi connectivity index (χ1v) is 6.27. The number of esters is 1. The highest BCUT2D eigenvalue weighted by molar-refractivity contribution is 7.25. The number of carbonyl (C=O) groups excluding carboxylic acids is 1. The van der Waals surface area contributed by atoms with E-state index in [0.29, 0.717) is 11.3 Å². The fraction of sp³-hybridized carbons (Fsp3) is 0.308. The van der Waals surface area contributed by atoms with Crippen LogP contribution in [0.5, 0.6) is 5.75 Å². The van der Waals surface area contributed by atoms with Crippen LogP contribution in [0.25, 0.3) is 0 Å². The van der Waals surface area contributed by atoms with E-state index in [4.69, 9.17) is 14.2 Å². The van der Waals surface area contributed by atoms with Gasteiger partial charge in [-0.15, -0.1) is 0 Å². The van der Waals surface area contributed by atoms with Crippen LogP contribution in [0.2, 0.25) is 0 Å². The Kier molecular flexibility index (Phi) is 4.88. The average Bonchev–Trinajstić information content (AvgIpc) is 2.29. The summed E-state index contributed by atoms with van der Waals surface area (Å²) >= 11 is 0. The van der Waals surface area contributed by atoms with Crippen molar-refractivity contribution in [1.29, 1.82) is 0 Å². The third-order valence-corrected chi connectivity index (χ3v) is 2.74. The molecular weight excluding hydrogens is 251 g/mol. The minimum atomic E-state index is -0.740. The van der Waals surface area contributed by atoms with Crippen LogP contribution in [0.15, 0.2) is 36.4 Å². The lowest BCUT2D eigenvalue weighted by molar-refractivity contribution is -0.152. The van der Waals surface area contributed by atoms with Crippen LogP contribution < -0.4 is 4.52 Å². The second-order valence-corrected chi connectivity index (χ2v) is 4.78. The normalized spacial score (nSPS) is 11.6. The topological polar surface area (TPSA) is 55.8 Å². The second kappa shape index (κ2) is 5.98. The van der Waals surface area contributed by atoms with Crippen LogP contribution in [0.1, 0.15) is 26.3 Å². The summed E-state index contributed by atoms with van der Waals surface area (Å²) in [6.45, 7) is 8.76. The lowest BCUT2D eigenvalue weighted by Crippen LogP contribution is -2.25. The summed E-state index contributed by atoms with van der Waals surface area (Å²) in [5, 5.41) is 0. The van der Waals surface area contributed by atoms with Crippen LogP contribution >= 0.6 is 9.03 Å². The first-order valence-electron chi connectivity index (χ1n) is 5.42. The standard InChI is InChI=1S/C13H17O4P/c1-9(2)12(14)16-13(3,4)10-5-7-11(8-6-10)17-18-15/h5-8,15,18H,1H2,2-4H3. The number of ether oxygens (including phenoxy) is 1. The monoisotopic (exact) mass is 268 g/mol. The molecule has 0 aromatic heterocycles. The van der Waals surface area contributed by atoms with Gasteiger partial charge in [-0.3, -0.25) is 0 Å². The third-order valence-electron chi connectivity index (χ3n) is 2.41. The van der Waals surface area contributed by atoms with Crippen LogP contribution in [0.3, 0.4) is 0 Å². The minimum absolute atomic E-state index is 0.365. The number of benzene rings is 1. The fourth-order valence-electron chi connectivity index (χ4n) is 1.35. The van der Waals surface area contributed by atoms with Gasteiger partial charge >= 0.3 is 5.97 Å². The van der Waals surface area contributed by atoms with Crippen molar-refractivity contribution >= 4 is 15.0 Å². The van der Waals surface area contributed by atoms with Gasteiger partial charge in [0, 0.05) is 5.57 Å². The van der Waals surface area contributed by atoms with Gasteiger partial charge in [-0.2, -0.15) is 0 Å². The van der Waals surface area contributed by atoms with Crippen molar-refractivity contribution in [3.05, 3.63) is 42.0 Å². The maximum absolute atomic E-state index is 11.5. The molecule has 1 atom stereocenters. The summed E-state index contributed by atoms with van der Waals surface area (Å²) in [5.74, 6) is 0.152. The number of carbonyl (C=O) groups is 1. The van der Waals surface area contributed by atoms with Gasteiger partial charge < -0.3 is 14.2 Å². The molecule has 0 heterocycles. The Bertz CT molecular complexity index is 437. The van der Waals surface area contributed by atoms with Crippen molar-refractivity contribution in [2.45, 2.75) is 26.4 Å². The molecule has 1 aromatic carbocycles. The van der Waals surface area contributed by atoms with Gasteiger partial charge in [0.1, 0.15) is 11.4 Å². The van der Waals surface area contributed by atoms with Crippen molar-refractivity contribution in [3.63, 3.8) is 0 Å². The SMILES string of the molecule is C=C(C)C(=O)OC(C)(C)c1ccc(OPO)cc1. The summed E-state index contributed by atoms with van der Waals surface area (Å²) in [5.41, 5.74) is 0.464. The van der Waals surface area contributed by atoms with Gasteiger partial charge in [0.25, 0.3) is 0 Å². The molecule has 0 spiro atoms. The Labute approximate surface area is 109 Å². The van der Waals surface area contributed by atoms with E-state index < -0.39 is 20.6 Å². The van der Waals surface area contributed by atoms with Crippen molar-refractivity contribution < 1.29 is 18.9 Å². The van der Waals surface area contributed by atoms with E-state index in [1.54, 1.807) is 45.0 Å². The molecule has 18 heavy (non-hydrogen) atoms. The zero-order chi connectivity index (χ0) is 13.8. The quantitative estimate of drug-likeness (QED) is 0.507. The highest BCUT2D eigenvalue weighted by Gasteiger charge is 2.25. The number of hydrogen-bond acceptors (Lipinski definition) is 4. The molecule has 0 aliphatic rings. The summed E-state index contributed by atoms with van der Waals surface area (Å²) < 4.78 is 10.3. The molecule has 4 nitrogen and oxygen atoms in total. The molecule has 0 fully saturated rings. The maximum atomic E-state index is 11.5. The molecule has 0 radical (unpaired) electrons. The van der Waals surface area contributed by atoms with Gasteiger partial charge in [-0.25, -0.2) is 4.79 Å². The summed E-state index contributed by atoms with van der Waals surface area (Å²) in [7, 11) is -0.585. The Morgan fingerprint density at radius 2 is 1.89 bits per heavy atom. The lowest BCUT2D eigenvalue weighted by Gasteiger charge is -2.25. The molecule has 0 aliphatic heterocycles. The predicted octanol–water partition coefficient (Wildman–Crippen LogP) is 2.92. The molecule has 1 aromatic rings. The molecule has 0 saturated heterocycles. The van der Waals surface area contributed by atoms with Crippen molar-refractivity contribution in [2.75, 3.05) is 0 Å². The lowest BCUT2D eigenvalue weighted by atomic mass is 9.98. The molecule has 0 bridgehead atoms. The number of hydrogen-bond donors (Lipinski definition) is 1. The van der Waals surface area contributed by atoms with Gasteiger partial charge in [-0.05, 0) is 38.5 Å². The third kappa shape index (κ3) is 3.83. The summed E-state index contributed by atoms with van der Waals surface area (Å²) in [4.78, 5) is 20.2. The highest BCUT2D eigenvalue weighted by Crippen LogP contribution is 2.28. The molecule has 98 valence electrons. The van der Waals surface area contributed by atoms with E-state index in [1.165, 1.54) is 0 Å². The largest absolute Gasteiger partial charge is 0.451 e. The van der Waals surface area contributed by atoms with Crippen LogP contribution in [0.4, 0.5) is 0 Å². The van der Waals surface area contributed by atoms with Gasteiger partial charge in [0.15, 0.2) is 0 Å². The molecule has 1 N–H and O–H groups in total. The molecule has 1 unspecified atom stereocenters. The van der Waals surface area contributed by atoms with E-state index in [0.717, 1.165) is 5.56 Å². The van der Waals surface area contributed by atoms with Crippen molar-refractivity contribution in [3.8, 4) is 5.75 Å². The Morgan fingerprint density at radius 1 is 1.33 bits per heavy atom. The van der Waals surface area contributed by atoms with Crippen LogP contribution in [-0.2, 0) is 15.1 Å². The molecule has 0 amide bonds. The second-order valence-electron chi connectivity index (χ2n) is 4.40. The van der Waals surface area contributed by atoms with E-state index >= 15 is 0 Å². The molecule has 1 rings (SSSR count). The van der Waals surface area contributed by atoms with Crippen LogP contribution in [-0.4, -0.2) is 10.9 Å². The van der Waals surface area contributed by atoms with Crippen molar-refractivity contribution in [1.82, 2.24) is 0 Å². The Balaban J connectivity index is 2.84. The van der Waals surface area contributed by atoms with E-state index in [1.807, 2.05) is 0 Å². The zero-order valence-corrected chi connectivity index (χ0v) is 11.7. The number of rotatable bonds is 5. The Hall–Kier alpha value is -1.38. The summed E-state index contributed by atoms with van der Waals surface area (Å²) in [6, 6.07) is 7.02. The van der Waals surface area contributed by atoms with Crippen molar-refractivity contribution in [2.24, 2.45) is 0 Å². The summed E-state index contributed by atoms with van der Waals surface area (Å²) in [6.07, 6.45) is 0. The fourth-order valence-corrected chi connectivity index (χ4v) is 1.60. The predicted molar refractivity (Wildman–Crippen MR) is 71.5 cm³/mol. The average molecular weight is 268 g/mol. The van der Waals surface area contributed by atoms with Gasteiger partial charge in [-0.1, -0.05) is 18.7 Å². The molecule has 5 heteroatoms. The first-order chi connectivity index (χ1) is 8.36. The van der Waals surface area contributed by atoms with E-state index in [9.17, 15) is 4.79 Å². The van der Waals surface area contributed by atoms with E-state index in [2.05, 4.69) is 6.58 Å². The molecular formula is C13H17O4P. The molecule has 0 aliphatic carbocycles. The maximum Gasteiger partial charge on any atom is 0.333 e. The van der Waals surface area contributed by atoms with E-state index in [-0.39, 0.29) is 0 Å². The van der Waals surface area contributed by atoms with Crippen LogP contribution in [0, 0.1) is 0 Å². The highest BCUT2D eigenvalue weighted by atomic mass is 31.1. The van der Waals surface area contributed by atoms with Gasteiger partial charge in [0.05, 0.1) is 0 Å². The smallest absolute Gasteiger partial charge is 0.333 e. The molecule has 0 saturated carbocycles.